The Kier molecular flexibility index (Phi) is 5.27. The van der Waals surface area contributed by atoms with Gasteiger partial charge in [-0.25, -0.2) is 0 Å². The smallest absolute Gasteiger partial charge is 0.277 e. The van der Waals surface area contributed by atoms with Crippen LogP contribution in [0.1, 0.15) is 53.0 Å². The van der Waals surface area contributed by atoms with Crippen molar-refractivity contribution in [3.8, 4) is 11.3 Å². The van der Waals surface area contributed by atoms with Gasteiger partial charge < -0.3 is 4.57 Å². The number of rotatable bonds is 3. The topological polar surface area (TPSA) is 52.0 Å². The predicted molar refractivity (Wildman–Crippen MR) is 126 cm³/mol. The molecular formula is C25H23ClN2O2S. The lowest BCUT2D eigenvalue weighted by Gasteiger charge is -2.37. The molecular weight excluding hydrogens is 428 g/mol. The first-order valence-corrected chi connectivity index (χ1v) is 12.0. The van der Waals surface area contributed by atoms with E-state index in [-0.39, 0.29) is 16.1 Å². The van der Waals surface area contributed by atoms with Crippen LogP contribution in [-0.4, -0.2) is 14.7 Å². The lowest BCUT2D eigenvalue weighted by Crippen LogP contribution is -2.39. The Morgan fingerprint density at radius 3 is 2.58 bits per heavy atom. The second-order valence-electron chi connectivity index (χ2n) is 8.52. The zero-order valence-corrected chi connectivity index (χ0v) is 18.9. The Hall–Kier alpha value is -2.37. The first-order chi connectivity index (χ1) is 15.0. The van der Waals surface area contributed by atoms with Gasteiger partial charge in [0.1, 0.15) is 5.82 Å². The zero-order valence-electron chi connectivity index (χ0n) is 17.4. The standard InChI is InChI=1S/C25H23ClN2O2S/c1-28-20(15-31-24(30)16-8-10-18(26)11-9-16)27-23(29)21-22(28)19-7-3-2-6-17(19)14-25(21)12-4-5-13-25/h2-3,6-11H,4-5,12-15H2,1H3. The van der Waals surface area contributed by atoms with Crippen molar-refractivity contribution >= 4 is 28.5 Å². The van der Waals surface area contributed by atoms with E-state index in [2.05, 4.69) is 23.2 Å². The summed E-state index contributed by atoms with van der Waals surface area (Å²) in [5.74, 6) is 0.969. The summed E-state index contributed by atoms with van der Waals surface area (Å²) in [5, 5.41) is 0.538. The van der Waals surface area contributed by atoms with Gasteiger partial charge in [-0.1, -0.05) is 60.5 Å². The molecule has 0 aliphatic heterocycles. The second-order valence-corrected chi connectivity index (χ2v) is 9.90. The van der Waals surface area contributed by atoms with Gasteiger partial charge in [-0.2, -0.15) is 4.98 Å². The van der Waals surface area contributed by atoms with Gasteiger partial charge in [0.15, 0.2) is 0 Å². The predicted octanol–water partition coefficient (Wildman–Crippen LogP) is 5.54. The molecule has 0 amide bonds. The lowest BCUT2D eigenvalue weighted by atomic mass is 9.68. The molecule has 2 aliphatic rings. The molecule has 0 saturated heterocycles. The number of aromatic nitrogens is 2. The van der Waals surface area contributed by atoms with Crippen LogP contribution in [0.5, 0.6) is 0 Å². The Labute approximate surface area is 190 Å². The van der Waals surface area contributed by atoms with Gasteiger partial charge in [-0.3, -0.25) is 9.59 Å². The van der Waals surface area contributed by atoms with Gasteiger partial charge in [-0.05, 0) is 49.1 Å². The van der Waals surface area contributed by atoms with Crippen molar-refractivity contribution < 1.29 is 4.79 Å². The molecule has 2 aliphatic carbocycles. The lowest BCUT2D eigenvalue weighted by molar-refractivity contribution is 0.108. The van der Waals surface area contributed by atoms with Crippen LogP contribution in [0.4, 0.5) is 0 Å². The third-order valence-electron chi connectivity index (χ3n) is 6.71. The Bertz CT molecular complexity index is 1230. The molecule has 0 bridgehead atoms. The first kappa shape index (κ1) is 20.5. The van der Waals surface area contributed by atoms with Crippen LogP contribution in [-0.2, 0) is 24.6 Å². The molecule has 3 aromatic rings. The highest BCUT2D eigenvalue weighted by Gasteiger charge is 2.44. The van der Waals surface area contributed by atoms with E-state index in [0.717, 1.165) is 60.7 Å². The quantitative estimate of drug-likeness (QED) is 0.525. The molecule has 2 aromatic carbocycles. The average molecular weight is 451 g/mol. The Morgan fingerprint density at radius 1 is 1.13 bits per heavy atom. The number of fused-ring (bicyclic) bond motifs is 4. The first-order valence-electron chi connectivity index (χ1n) is 10.6. The molecule has 1 saturated carbocycles. The summed E-state index contributed by atoms with van der Waals surface area (Å²) in [6, 6.07) is 15.2. The van der Waals surface area contributed by atoms with Crippen molar-refractivity contribution in [3.63, 3.8) is 0 Å². The van der Waals surface area contributed by atoms with Gasteiger partial charge in [0.2, 0.25) is 5.12 Å². The minimum Gasteiger partial charge on any atom is -0.331 e. The highest BCUT2D eigenvalue weighted by molar-refractivity contribution is 8.13. The van der Waals surface area contributed by atoms with Crippen molar-refractivity contribution in [2.45, 2.75) is 43.3 Å². The number of hydrogen-bond donors (Lipinski definition) is 0. The molecule has 1 aromatic heterocycles. The second kappa shape index (κ2) is 7.95. The van der Waals surface area contributed by atoms with Crippen LogP contribution >= 0.6 is 23.4 Å². The third-order valence-corrected chi connectivity index (χ3v) is 7.86. The van der Waals surface area contributed by atoms with Crippen LogP contribution in [0.25, 0.3) is 11.3 Å². The Balaban J connectivity index is 1.55. The average Bonchev–Trinajstić information content (AvgIpc) is 3.23. The van der Waals surface area contributed by atoms with Crippen molar-refractivity contribution in [1.29, 1.82) is 0 Å². The molecule has 6 heteroatoms. The summed E-state index contributed by atoms with van der Waals surface area (Å²) in [6.07, 6.45) is 5.29. The summed E-state index contributed by atoms with van der Waals surface area (Å²) >= 11 is 7.08. The molecule has 0 N–H and O–H groups in total. The van der Waals surface area contributed by atoms with Crippen LogP contribution in [0, 0.1) is 0 Å². The number of thioether (sulfide) groups is 1. The number of carbonyl (C=O) groups excluding carboxylic acids is 1. The summed E-state index contributed by atoms with van der Waals surface area (Å²) in [6.45, 7) is 0. The van der Waals surface area contributed by atoms with E-state index in [1.165, 1.54) is 5.56 Å². The molecule has 4 nitrogen and oxygen atoms in total. The zero-order chi connectivity index (χ0) is 21.6. The Morgan fingerprint density at radius 2 is 1.84 bits per heavy atom. The summed E-state index contributed by atoms with van der Waals surface area (Å²) < 4.78 is 2.04. The summed E-state index contributed by atoms with van der Waals surface area (Å²) in [7, 11) is 1.97. The maximum Gasteiger partial charge on any atom is 0.277 e. The van der Waals surface area contributed by atoms with Crippen LogP contribution in [0.3, 0.4) is 0 Å². The van der Waals surface area contributed by atoms with E-state index in [4.69, 9.17) is 11.6 Å². The van der Waals surface area contributed by atoms with E-state index in [9.17, 15) is 9.59 Å². The number of benzene rings is 2. The van der Waals surface area contributed by atoms with Gasteiger partial charge in [0, 0.05) is 28.6 Å². The van der Waals surface area contributed by atoms with Crippen molar-refractivity contribution in [2.24, 2.45) is 7.05 Å². The van der Waals surface area contributed by atoms with Crippen LogP contribution < -0.4 is 5.56 Å². The number of carbonyl (C=O) groups is 1. The molecule has 1 spiro atoms. The minimum atomic E-state index is -0.126. The fourth-order valence-electron chi connectivity index (χ4n) is 5.21. The molecule has 0 atom stereocenters. The number of halogens is 1. The summed E-state index contributed by atoms with van der Waals surface area (Å²) in [4.78, 5) is 30.4. The van der Waals surface area contributed by atoms with Crippen LogP contribution in [0.15, 0.2) is 53.3 Å². The minimum absolute atomic E-state index is 0.0590. The van der Waals surface area contributed by atoms with Crippen molar-refractivity contribution in [3.05, 3.63) is 86.4 Å². The van der Waals surface area contributed by atoms with Crippen molar-refractivity contribution in [2.75, 3.05) is 0 Å². The van der Waals surface area contributed by atoms with E-state index < -0.39 is 0 Å². The van der Waals surface area contributed by atoms with E-state index in [0.29, 0.717) is 22.2 Å². The molecule has 0 unspecified atom stereocenters. The fourth-order valence-corrected chi connectivity index (χ4v) is 6.15. The molecule has 1 fully saturated rings. The normalized spacial score (nSPS) is 16.2. The highest BCUT2D eigenvalue weighted by atomic mass is 35.5. The molecule has 5 rings (SSSR count). The SMILES string of the molecule is Cn1c(CSC(=O)c2ccc(Cl)cc2)nc(=O)c2c1-c1ccccc1CC21CCCC1. The largest absolute Gasteiger partial charge is 0.331 e. The maximum atomic E-state index is 13.3. The molecule has 0 radical (unpaired) electrons. The molecule has 1 heterocycles. The van der Waals surface area contributed by atoms with E-state index in [1.54, 1.807) is 24.3 Å². The van der Waals surface area contributed by atoms with Gasteiger partial charge >= 0.3 is 0 Å². The number of nitrogens with zero attached hydrogens (tertiary/aromatic N) is 2. The fraction of sp³-hybridized carbons (Fsp3) is 0.320. The monoisotopic (exact) mass is 450 g/mol. The van der Waals surface area contributed by atoms with Crippen LogP contribution in [0.2, 0.25) is 5.02 Å². The van der Waals surface area contributed by atoms with Gasteiger partial charge in [0.05, 0.1) is 17.0 Å². The highest BCUT2D eigenvalue weighted by Crippen LogP contribution is 2.50. The maximum absolute atomic E-state index is 13.3. The summed E-state index contributed by atoms with van der Waals surface area (Å²) in [5.41, 5.74) is 4.64. The molecule has 31 heavy (non-hydrogen) atoms. The van der Waals surface area contributed by atoms with Gasteiger partial charge in [-0.15, -0.1) is 0 Å². The van der Waals surface area contributed by atoms with Crippen molar-refractivity contribution in [1.82, 2.24) is 9.55 Å². The molecule has 158 valence electrons. The third kappa shape index (κ3) is 3.54. The van der Waals surface area contributed by atoms with E-state index >= 15 is 0 Å². The van der Waals surface area contributed by atoms with E-state index in [1.807, 2.05) is 17.7 Å². The van der Waals surface area contributed by atoms with Gasteiger partial charge in [0.25, 0.3) is 5.56 Å². The number of hydrogen-bond acceptors (Lipinski definition) is 4.